The molecule has 24 heavy (non-hydrogen) atoms. The van der Waals surface area contributed by atoms with Gasteiger partial charge in [0.2, 0.25) is 0 Å². The number of hydrogen-bond acceptors (Lipinski definition) is 3. The molecule has 3 heterocycles. The Hall–Kier alpha value is -2.24. The van der Waals surface area contributed by atoms with Gasteiger partial charge in [-0.2, -0.15) is 5.10 Å². The average Bonchev–Trinajstić information content (AvgIpc) is 3.18. The zero-order chi connectivity index (χ0) is 17.1. The number of H-pyrrole nitrogens is 1. The molecule has 6 heteroatoms. The van der Waals surface area contributed by atoms with E-state index in [0.29, 0.717) is 5.82 Å². The SMILES string of the molecule is CCCCN(CCCC)C(=O)c1cc2n(c1)CCc1c(N)n[nH]c1-2. The van der Waals surface area contributed by atoms with Gasteiger partial charge in [0, 0.05) is 31.4 Å². The predicted molar refractivity (Wildman–Crippen MR) is 95.8 cm³/mol. The zero-order valence-corrected chi connectivity index (χ0v) is 14.6. The topological polar surface area (TPSA) is 79.9 Å². The molecule has 2 aromatic heterocycles. The Morgan fingerprint density at radius 2 is 2.04 bits per heavy atom. The molecular weight excluding hydrogens is 302 g/mol. The van der Waals surface area contributed by atoms with Crippen LogP contribution in [0.5, 0.6) is 0 Å². The van der Waals surface area contributed by atoms with Crippen LogP contribution in [0.25, 0.3) is 11.4 Å². The average molecular weight is 329 g/mol. The van der Waals surface area contributed by atoms with Crippen LogP contribution in [0.3, 0.4) is 0 Å². The first-order valence-electron chi connectivity index (χ1n) is 8.98. The van der Waals surface area contributed by atoms with Gasteiger partial charge in [0.05, 0.1) is 17.0 Å². The second-order valence-corrected chi connectivity index (χ2v) is 6.52. The van der Waals surface area contributed by atoms with Crippen LogP contribution in [0.4, 0.5) is 5.82 Å². The molecule has 0 aromatic carbocycles. The Bertz CT molecular complexity index is 707. The van der Waals surface area contributed by atoms with Crippen molar-refractivity contribution < 1.29 is 4.79 Å². The van der Waals surface area contributed by atoms with E-state index in [1.807, 2.05) is 17.2 Å². The number of anilines is 1. The van der Waals surface area contributed by atoms with Crippen LogP contribution in [-0.2, 0) is 13.0 Å². The molecule has 1 aliphatic rings. The molecule has 0 saturated carbocycles. The lowest BCUT2D eigenvalue weighted by molar-refractivity contribution is 0.0751. The van der Waals surface area contributed by atoms with Gasteiger partial charge in [0.15, 0.2) is 0 Å². The maximum absolute atomic E-state index is 13.0. The number of aryl methyl sites for hydroxylation is 1. The summed E-state index contributed by atoms with van der Waals surface area (Å²) in [5, 5.41) is 7.12. The first-order chi connectivity index (χ1) is 11.7. The number of rotatable bonds is 7. The fourth-order valence-electron chi connectivity index (χ4n) is 3.29. The van der Waals surface area contributed by atoms with Crippen molar-refractivity contribution in [3.63, 3.8) is 0 Å². The third kappa shape index (κ3) is 3.05. The van der Waals surface area contributed by atoms with Gasteiger partial charge in [-0.25, -0.2) is 0 Å². The van der Waals surface area contributed by atoms with Crippen LogP contribution in [0, 0.1) is 0 Å². The molecule has 0 atom stereocenters. The molecule has 3 N–H and O–H groups in total. The molecule has 1 aliphatic heterocycles. The largest absolute Gasteiger partial charge is 0.382 e. The molecule has 2 aromatic rings. The zero-order valence-electron chi connectivity index (χ0n) is 14.6. The lowest BCUT2D eigenvalue weighted by Crippen LogP contribution is -2.32. The van der Waals surface area contributed by atoms with Crippen molar-refractivity contribution in [1.82, 2.24) is 19.7 Å². The number of carbonyl (C=O) groups is 1. The minimum Gasteiger partial charge on any atom is -0.382 e. The Balaban J connectivity index is 1.84. The number of carbonyl (C=O) groups excluding carboxylic acids is 1. The predicted octanol–water partition coefficient (Wildman–Crippen LogP) is 3.06. The summed E-state index contributed by atoms with van der Waals surface area (Å²) in [5.41, 5.74) is 9.70. The molecule has 0 unspecified atom stereocenters. The molecule has 6 nitrogen and oxygen atoms in total. The van der Waals surface area contributed by atoms with Gasteiger partial charge >= 0.3 is 0 Å². The fraction of sp³-hybridized carbons (Fsp3) is 0.556. The summed E-state index contributed by atoms with van der Waals surface area (Å²) in [6.45, 7) is 6.81. The molecular formula is C18H27N5O. The normalized spacial score (nSPS) is 12.8. The molecule has 130 valence electrons. The van der Waals surface area contributed by atoms with E-state index in [1.54, 1.807) is 0 Å². The van der Waals surface area contributed by atoms with Gasteiger partial charge in [-0.3, -0.25) is 9.89 Å². The highest BCUT2D eigenvalue weighted by molar-refractivity contribution is 5.95. The molecule has 0 bridgehead atoms. The van der Waals surface area contributed by atoms with Gasteiger partial charge in [-0.1, -0.05) is 26.7 Å². The van der Waals surface area contributed by atoms with Crippen molar-refractivity contribution in [3.05, 3.63) is 23.4 Å². The fourth-order valence-corrected chi connectivity index (χ4v) is 3.29. The minimum atomic E-state index is 0.132. The number of unbranched alkanes of at least 4 members (excludes halogenated alkanes) is 2. The number of nitrogens with zero attached hydrogens (tertiary/aromatic N) is 3. The number of hydrogen-bond donors (Lipinski definition) is 2. The summed E-state index contributed by atoms with van der Waals surface area (Å²) >= 11 is 0. The summed E-state index contributed by atoms with van der Waals surface area (Å²) in [4.78, 5) is 15.0. The van der Waals surface area contributed by atoms with Crippen molar-refractivity contribution >= 4 is 11.7 Å². The second-order valence-electron chi connectivity index (χ2n) is 6.52. The summed E-state index contributed by atoms with van der Waals surface area (Å²) in [7, 11) is 0. The van der Waals surface area contributed by atoms with E-state index in [9.17, 15) is 4.79 Å². The first-order valence-corrected chi connectivity index (χ1v) is 8.98. The number of aromatic nitrogens is 3. The second kappa shape index (κ2) is 7.11. The van der Waals surface area contributed by atoms with Gasteiger partial charge < -0.3 is 15.2 Å². The molecule has 0 fully saturated rings. The molecule has 0 saturated heterocycles. The van der Waals surface area contributed by atoms with Gasteiger partial charge in [-0.15, -0.1) is 0 Å². The number of fused-ring (bicyclic) bond motifs is 3. The molecule has 0 spiro atoms. The van der Waals surface area contributed by atoms with Crippen molar-refractivity contribution in [2.24, 2.45) is 0 Å². The van der Waals surface area contributed by atoms with Crippen LogP contribution >= 0.6 is 0 Å². The van der Waals surface area contributed by atoms with Crippen LogP contribution in [-0.4, -0.2) is 38.7 Å². The molecule has 1 amide bonds. The third-order valence-electron chi connectivity index (χ3n) is 4.75. The van der Waals surface area contributed by atoms with E-state index < -0.39 is 0 Å². The summed E-state index contributed by atoms with van der Waals surface area (Å²) in [6, 6.07) is 1.98. The van der Waals surface area contributed by atoms with E-state index in [0.717, 1.165) is 74.3 Å². The third-order valence-corrected chi connectivity index (χ3v) is 4.75. The van der Waals surface area contributed by atoms with Crippen molar-refractivity contribution in [2.75, 3.05) is 18.8 Å². The Labute approximate surface area is 143 Å². The van der Waals surface area contributed by atoms with E-state index in [4.69, 9.17) is 5.73 Å². The Morgan fingerprint density at radius 3 is 2.71 bits per heavy atom. The lowest BCUT2D eigenvalue weighted by Gasteiger charge is -2.21. The van der Waals surface area contributed by atoms with E-state index in [2.05, 4.69) is 28.6 Å². The van der Waals surface area contributed by atoms with Gasteiger partial charge in [-0.05, 0) is 25.3 Å². The van der Waals surface area contributed by atoms with Gasteiger partial charge in [0.1, 0.15) is 5.82 Å². The highest BCUT2D eigenvalue weighted by Crippen LogP contribution is 2.32. The molecule has 0 aliphatic carbocycles. The monoisotopic (exact) mass is 329 g/mol. The van der Waals surface area contributed by atoms with Crippen molar-refractivity contribution in [2.45, 2.75) is 52.5 Å². The Kier molecular flexibility index (Phi) is 4.92. The minimum absolute atomic E-state index is 0.132. The maximum Gasteiger partial charge on any atom is 0.255 e. The summed E-state index contributed by atoms with van der Waals surface area (Å²) in [5.74, 6) is 0.700. The van der Waals surface area contributed by atoms with Crippen LogP contribution < -0.4 is 5.73 Å². The van der Waals surface area contributed by atoms with Crippen LogP contribution in [0.1, 0.15) is 55.5 Å². The Morgan fingerprint density at radius 1 is 1.33 bits per heavy atom. The number of aromatic amines is 1. The van der Waals surface area contributed by atoms with Crippen molar-refractivity contribution in [3.8, 4) is 11.4 Å². The summed E-state index contributed by atoms with van der Waals surface area (Å²) < 4.78 is 2.13. The van der Waals surface area contributed by atoms with Crippen LogP contribution in [0.15, 0.2) is 12.3 Å². The molecule has 3 rings (SSSR count). The van der Waals surface area contributed by atoms with E-state index in [-0.39, 0.29) is 5.91 Å². The number of nitrogens with two attached hydrogens (primary N) is 1. The maximum atomic E-state index is 13.0. The summed E-state index contributed by atoms with van der Waals surface area (Å²) in [6.07, 6.45) is 7.11. The van der Waals surface area contributed by atoms with E-state index in [1.165, 1.54) is 0 Å². The van der Waals surface area contributed by atoms with Crippen molar-refractivity contribution in [1.29, 1.82) is 0 Å². The molecule has 0 radical (unpaired) electrons. The standard InChI is InChI=1S/C18H27N5O/c1-3-5-8-22(9-6-4-2)18(24)13-11-15-16-14(17(19)21-20-16)7-10-23(15)12-13/h11-12H,3-10H2,1-2H3,(H3,19,20,21). The van der Waals surface area contributed by atoms with Gasteiger partial charge in [0.25, 0.3) is 5.91 Å². The number of nitrogen functional groups attached to an aromatic ring is 1. The highest BCUT2D eigenvalue weighted by Gasteiger charge is 2.24. The highest BCUT2D eigenvalue weighted by atomic mass is 16.2. The smallest absolute Gasteiger partial charge is 0.255 e. The number of amides is 1. The quantitative estimate of drug-likeness (QED) is 0.819. The van der Waals surface area contributed by atoms with Crippen LogP contribution in [0.2, 0.25) is 0 Å². The van der Waals surface area contributed by atoms with E-state index >= 15 is 0 Å². The lowest BCUT2D eigenvalue weighted by atomic mass is 10.1. The number of nitrogens with one attached hydrogen (secondary N) is 1. The first kappa shape index (κ1) is 16.6.